The van der Waals surface area contributed by atoms with Crippen LogP contribution < -0.4 is 5.32 Å². The first kappa shape index (κ1) is 14.2. The van der Waals surface area contributed by atoms with E-state index in [1.54, 1.807) is 0 Å². The van der Waals surface area contributed by atoms with Gasteiger partial charge in [-0.05, 0) is 48.9 Å². The molecule has 1 N–H and O–H groups in total. The Morgan fingerprint density at radius 1 is 1.12 bits per heavy atom. The number of hydrogen-bond donors (Lipinski definition) is 1. The molecule has 0 aliphatic carbocycles. The molecule has 0 heterocycles. The lowest BCUT2D eigenvalue weighted by Crippen LogP contribution is -2.33. The first-order valence-corrected chi connectivity index (χ1v) is 6.72. The molecule has 1 aromatic rings. The molecule has 0 radical (unpaired) electrons. The minimum absolute atomic E-state index is 0.566. The molecule has 1 aromatic carbocycles. The highest BCUT2D eigenvalue weighted by Crippen LogP contribution is 2.21. The number of hydrogen-bond acceptors (Lipinski definition) is 1. The van der Waals surface area contributed by atoms with Gasteiger partial charge in [0.15, 0.2) is 0 Å². The highest BCUT2D eigenvalue weighted by molar-refractivity contribution is 5.33. The van der Waals surface area contributed by atoms with Gasteiger partial charge >= 0.3 is 0 Å². The largest absolute Gasteiger partial charge is 0.316 e. The fraction of sp³-hybridized carbons (Fsp3) is 0.625. The maximum absolute atomic E-state index is 3.43. The standard InChI is InChI=1S/C16H27N/c1-11(2)14-8-7-13(5)15(9-14)10-16(17-6)12(3)4/h7-9,11-12,16-17H,10H2,1-6H3. The Morgan fingerprint density at radius 3 is 2.24 bits per heavy atom. The summed E-state index contributed by atoms with van der Waals surface area (Å²) in [4.78, 5) is 0. The second kappa shape index (κ2) is 6.20. The van der Waals surface area contributed by atoms with Gasteiger partial charge in [-0.1, -0.05) is 45.9 Å². The molecular weight excluding hydrogens is 206 g/mol. The molecule has 1 heteroatoms. The predicted molar refractivity (Wildman–Crippen MR) is 76.7 cm³/mol. The Kier molecular flexibility index (Phi) is 5.20. The van der Waals surface area contributed by atoms with E-state index in [-0.39, 0.29) is 0 Å². The lowest BCUT2D eigenvalue weighted by Gasteiger charge is -2.22. The van der Waals surface area contributed by atoms with Gasteiger partial charge in [0.25, 0.3) is 0 Å². The molecule has 0 bridgehead atoms. The second-order valence-corrected chi connectivity index (χ2v) is 5.68. The lowest BCUT2D eigenvalue weighted by atomic mass is 9.91. The van der Waals surface area contributed by atoms with Crippen LogP contribution in [0.2, 0.25) is 0 Å². The number of aryl methyl sites for hydroxylation is 1. The van der Waals surface area contributed by atoms with E-state index in [9.17, 15) is 0 Å². The van der Waals surface area contributed by atoms with Crippen molar-refractivity contribution in [2.75, 3.05) is 7.05 Å². The molecular formula is C16H27N. The maximum atomic E-state index is 3.43. The van der Waals surface area contributed by atoms with Gasteiger partial charge in [0, 0.05) is 6.04 Å². The van der Waals surface area contributed by atoms with Crippen LogP contribution in [0.4, 0.5) is 0 Å². The van der Waals surface area contributed by atoms with Crippen LogP contribution in [0.1, 0.15) is 50.3 Å². The van der Waals surface area contributed by atoms with Crippen molar-refractivity contribution >= 4 is 0 Å². The summed E-state index contributed by atoms with van der Waals surface area (Å²) in [5, 5.41) is 3.43. The molecule has 96 valence electrons. The highest BCUT2D eigenvalue weighted by Gasteiger charge is 2.13. The molecule has 0 fully saturated rings. The molecule has 17 heavy (non-hydrogen) atoms. The molecule has 0 aromatic heterocycles. The fourth-order valence-corrected chi connectivity index (χ4v) is 2.18. The van der Waals surface area contributed by atoms with Gasteiger partial charge < -0.3 is 5.32 Å². The Hall–Kier alpha value is -0.820. The number of likely N-dealkylation sites (N-methyl/N-ethyl adjacent to an activating group) is 1. The zero-order valence-corrected chi connectivity index (χ0v) is 12.2. The van der Waals surface area contributed by atoms with Crippen LogP contribution in [-0.2, 0) is 6.42 Å². The Bertz CT molecular complexity index is 353. The van der Waals surface area contributed by atoms with Crippen molar-refractivity contribution in [1.29, 1.82) is 0 Å². The molecule has 1 rings (SSSR count). The third kappa shape index (κ3) is 3.85. The van der Waals surface area contributed by atoms with E-state index in [0.717, 1.165) is 6.42 Å². The summed E-state index contributed by atoms with van der Waals surface area (Å²) in [7, 11) is 2.06. The van der Waals surface area contributed by atoms with Crippen LogP contribution >= 0.6 is 0 Å². The summed E-state index contributed by atoms with van der Waals surface area (Å²) in [5.74, 6) is 1.28. The van der Waals surface area contributed by atoms with Gasteiger partial charge in [-0.15, -0.1) is 0 Å². The van der Waals surface area contributed by atoms with Crippen LogP contribution in [0, 0.1) is 12.8 Å². The average molecular weight is 233 g/mol. The van der Waals surface area contributed by atoms with Crippen molar-refractivity contribution in [3.8, 4) is 0 Å². The quantitative estimate of drug-likeness (QED) is 0.813. The third-order valence-electron chi connectivity index (χ3n) is 3.66. The Morgan fingerprint density at radius 2 is 1.76 bits per heavy atom. The average Bonchev–Trinajstić information content (AvgIpc) is 2.27. The van der Waals surface area contributed by atoms with E-state index in [1.165, 1.54) is 16.7 Å². The van der Waals surface area contributed by atoms with Crippen LogP contribution in [0.25, 0.3) is 0 Å². The first-order chi connectivity index (χ1) is 7.95. The van der Waals surface area contributed by atoms with Crippen LogP contribution in [0.15, 0.2) is 18.2 Å². The summed E-state index contributed by atoms with van der Waals surface area (Å²) in [5.41, 5.74) is 4.35. The maximum Gasteiger partial charge on any atom is 0.0128 e. The van der Waals surface area contributed by atoms with E-state index in [2.05, 4.69) is 65.2 Å². The third-order valence-corrected chi connectivity index (χ3v) is 3.66. The van der Waals surface area contributed by atoms with E-state index in [4.69, 9.17) is 0 Å². The molecule has 1 unspecified atom stereocenters. The van der Waals surface area contributed by atoms with Crippen molar-refractivity contribution in [1.82, 2.24) is 5.32 Å². The van der Waals surface area contributed by atoms with Crippen molar-refractivity contribution in [3.05, 3.63) is 34.9 Å². The first-order valence-electron chi connectivity index (χ1n) is 6.72. The fourth-order valence-electron chi connectivity index (χ4n) is 2.18. The molecule has 0 aliphatic heterocycles. The zero-order valence-electron chi connectivity index (χ0n) is 12.2. The van der Waals surface area contributed by atoms with Crippen molar-refractivity contribution in [2.24, 2.45) is 5.92 Å². The summed E-state index contributed by atoms with van der Waals surface area (Å²) >= 11 is 0. The van der Waals surface area contributed by atoms with Gasteiger partial charge in [0.05, 0.1) is 0 Å². The van der Waals surface area contributed by atoms with Gasteiger partial charge in [-0.25, -0.2) is 0 Å². The van der Waals surface area contributed by atoms with E-state index in [1.807, 2.05) is 0 Å². The number of benzene rings is 1. The molecule has 0 saturated heterocycles. The summed E-state index contributed by atoms with van der Waals surface area (Å²) < 4.78 is 0. The Balaban J connectivity index is 2.92. The van der Waals surface area contributed by atoms with Gasteiger partial charge in [0.2, 0.25) is 0 Å². The molecule has 0 spiro atoms. The number of rotatable bonds is 5. The van der Waals surface area contributed by atoms with E-state index >= 15 is 0 Å². The van der Waals surface area contributed by atoms with Crippen molar-refractivity contribution in [3.63, 3.8) is 0 Å². The van der Waals surface area contributed by atoms with E-state index in [0.29, 0.717) is 17.9 Å². The number of nitrogens with one attached hydrogen (secondary N) is 1. The molecule has 0 amide bonds. The minimum Gasteiger partial charge on any atom is -0.316 e. The van der Waals surface area contributed by atoms with Crippen molar-refractivity contribution < 1.29 is 0 Å². The normalized spacial score (nSPS) is 13.4. The highest BCUT2D eigenvalue weighted by atomic mass is 14.9. The Labute approximate surface area is 107 Å². The smallest absolute Gasteiger partial charge is 0.0128 e. The summed E-state index contributed by atoms with van der Waals surface area (Å²) in [6, 6.07) is 7.47. The van der Waals surface area contributed by atoms with Crippen LogP contribution in [0.3, 0.4) is 0 Å². The lowest BCUT2D eigenvalue weighted by molar-refractivity contribution is 0.424. The van der Waals surface area contributed by atoms with Gasteiger partial charge in [-0.3, -0.25) is 0 Å². The van der Waals surface area contributed by atoms with Gasteiger partial charge in [-0.2, -0.15) is 0 Å². The SMILES string of the molecule is CNC(Cc1cc(C(C)C)ccc1C)C(C)C. The predicted octanol–water partition coefficient (Wildman–Crippen LogP) is 3.90. The second-order valence-electron chi connectivity index (χ2n) is 5.68. The monoisotopic (exact) mass is 233 g/mol. The summed E-state index contributed by atoms with van der Waals surface area (Å²) in [6.07, 6.45) is 1.13. The zero-order chi connectivity index (χ0) is 13.0. The van der Waals surface area contributed by atoms with Crippen LogP contribution in [0.5, 0.6) is 0 Å². The summed E-state index contributed by atoms with van der Waals surface area (Å²) in [6.45, 7) is 11.3. The minimum atomic E-state index is 0.566. The topological polar surface area (TPSA) is 12.0 Å². The van der Waals surface area contributed by atoms with Crippen LogP contribution in [-0.4, -0.2) is 13.1 Å². The molecule has 1 nitrogen and oxygen atoms in total. The molecule has 1 atom stereocenters. The molecule has 0 saturated carbocycles. The van der Waals surface area contributed by atoms with Crippen molar-refractivity contribution in [2.45, 2.75) is 53.0 Å². The molecule has 0 aliphatic rings. The van der Waals surface area contributed by atoms with E-state index < -0.39 is 0 Å². The van der Waals surface area contributed by atoms with Gasteiger partial charge in [0.1, 0.15) is 0 Å².